The summed E-state index contributed by atoms with van der Waals surface area (Å²) >= 11 is 0. The van der Waals surface area contributed by atoms with E-state index in [1.54, 1.807) is 12.1 Å². The Balaban J connectivity index is 2.59. The number of halogens is 1. The van der Waals surface area contributed by atoms with Crippen LogP contribution in [-0.2, 0) is 10.2 Å². The van der Waals surface area contributed by atoms with E-state index in [9.17, 15) is 14.3 Å². The molecule has 1 fully saturated rings. The number of aliphatic carboxylic acids is 1. The topological polar surface area (TPSA) is 37.3 Å². The van der Waals surface area contributed by atoms with Crippen LogP contribution in [0.2, 0.25) is 0 Å². The zero-order valence-electron chi connectivity index (χ0n) is 9.67. The first-order chi connectivity index (χ1) is 7.31. The Bertz CT molecular complexity index is 465. The Hall–Kier alpha value is -1.38. The number of hydrogen-bond donors (Lipinski definition) is 1. The lowest BCUT2D eigenvalue weighted by Gasteiger charge is -2.17. The molecule has 1 aliphatic rings. The maximum atomic E-state index is 13.7. The molecule has 1 saturated carbocycles. The normalized spacial score (nSPS) is 26.5. The fraction of sp³-hybridized carbons (Fsp3) is 0.462. The Labute approximate surface area is 94.1 Å². The van der Waals surface area contributed by atoms with Gasteiger partial charge in [-0.15, -0.1) is 0 Å². The molecule has 2 nitrogen and oxygen atoms in total. The smallest absolute Gasteiger partial charge is 0.314 e. The van der Waals surface area contributed by atoms with Gasteiger partial charge in [-0.05, 0) is 24.8 Å². The highest BCUT2D eigenvalue weighted by Crippen LogP contribution is 2.64. The van der Waals surface area contributed by atoms with Gasteiger partial charge in [-0.25, -0.2) is 4.39 Å². The van der Waals surface area contributed by atoms with Gasteiger partial charge in [0.2, 0.25) is 0 Å². The minimum Gasteiger partial charge on any atom is -0.481 e. The largest absolute Gasteiger partial charge is 0.481 e. The van der Waals surface area contributed by atoms with Crippen molar-refractivity contribution in [2.24, 2.45) is 5.41 Å². The molecule has 0 aromatic heterocycles. The molecule has 0 saturated heterocycles. The van der Waals surface area contributed by atoms with Gasteiger partial charge in [0, 0.05) is 5.56 Å². The molecule has 1 N–H and O–H groups in total. The fourth-order valence-electron chi connectivity index (χ4n) is 2.52. The maximum Gasteiger partial charge on any atom is 0.314 e. The molecule has 86 valence electrons. The Morgan fingerprint density at radius 1 is 1.44 bits per heavy atom. The standard InChI is InChI=1S/C13H15FO2/c1-8-4-5-10(14)9(6-8)13(11(15)16)7-12(13,2)3/h4-6H,7H2,1-3H3,(H,15,16). The molecule has 3 heteroatoms. The molecule has 0 heterocycles. The van der Waals surface area contributed by atoms with Crippen molar-refractivity contribution in [3.8, 4) is 0 Å². The second kappa shape index (κ2) is 3.06. The molecule has 0 spiro atoms. The van der Waals surface area contributed by atoms with Crippen molar-refractivity contribution in [3.05, 3.63) is 35.1 Å². The van der Waals surface area contributed by atoms with Gasteiger partial charge in [-0.2, -0.15) is 0 Å². The van der Waals surface area contributed by atoms with Crippen LogP contribution in [0.3, 0.4) is 0 Å². The summed E-state index contributed by atoms with van der Waals surface area (Å²) in [4.78, 5) is 11.4. The number of benzene rings is 1. The summed E-state index contributed by atoms with van der Waals surface area (Å²) in [6.45, 7) is 5.57. The molecule has 0 bridgehead atoms. The molecular weight excluding hydrogens is 207 g/mol. The molecule has 1 aliphatic carbocycles. The van der Waals surface area contributed by atoms with Crippen molar-refractivity contribution in [1.82, 2.24) is 0 Å². The van der Waals surface area contributed by atoms with Crippen molar-refractivity contribution in [1.29, 1.82) is 0 Å². The van der Waals surface area contributed by atoms with Crippen LogP contribution in [0.25, 0.3) is 0 Å². The van der Waals surface area contributed by atoms with E-state index in [1.807, 2.05) is 20.8 Å². The van der Waals surface area contributed by atoms with Gasteiger partial charge < -0.3 is 5.11 Å². The van der Waals surface area contributed by atoms with Crippen LogP contribution >= 0.6 is 0 Å². The second-order valence-corrected chi connectivity index (χ2v) is 5.25. The van der Waals surface area contributed by atoms with E-state index in [4.69, 9.17) is 0 Å². The van der Waals surface area contributed by atoms with Gasteiger partial charge in [0.25, 0.3) is 0 Å². The van der Waals surface area contributed by atoms with Crippen molar-refractivity contribution in [2.45, 2.75) is 32.6 Å². The van der Waals surface area contributed by atoms with Crippen LogP contribution < -0.4 is 0 Å². The van der Waals surface area contributed by atoms with Gasteiger partial charge in [-0.1, -0.05) is 31.5 Å². The van der Waals surface area contributed by atoms with Crippen LogP contribution in [0.5, 0.6) is 0 Å². The number of aryl methyl sites for hydroxylation is 1. The number of rotatable bonds is 2. The van der Waals surface area contributed by atoms with E-state index >= 15 is 0 Å². The van der Waals surface area contributed by atoms with E-state index in [-0.39, 0.29) is 5.41 Å². The minimum atomic E-state index is -1.04. The zero-order chi connectivity index (χ0) is 12.1. The van der Waals surface area contributed by atoms with E-state index < -0.39 is 17.2 Å². The van der Waals surface area contributed by atoms with E-state index in [0.717, 1.165) is 5.56 Å². The highest BCUT2D eigenvalue weighted by Gasteiger charge is 2.68. The average molecular weight is 222 g/mol. The van der Waals surface area contributed by atoms with Crippen LogP contribution in [0.15, 0.2) is 18.2 Å². The molecule has 0 aliphatic heterocycles. The third-order valence-electron chi connectivity index (χ3n) is 3.68. The first-order valence-corrected chi connectivity index (χ1v) is 5.31. The summed E-state index contributed by atoms with van der Waals surface area (Å²) in [5.41, 5.74) is -0.193. The van der Waals surface area contributed by atoms with Crippen molar-refractivity contribution < 1.29 is 14.3 Å². The van der Waals surface area contributed by atoms with E-state index in [1.165, 1.54) is 6.07 Å². The van der Waals surface area contributed by atoms with Gasteiger partial charge in [0.15, 0.2) is 0 Å². The van der Waals surface area contributed by atoms with Crippen molar-refractivity contribution >= 4 is 5.97 Å². The summed E-state index contributed by atoms with van der Waals surface area (Å²) in [6, 6.07) is 4.66. The summed E-state index contributed by atoms with van der Waals surface area (Å²) in [7, 11) is 0. The lowest BCUT2D eigenvalue weighted by Crippen LogP contribution is -2.26. The molecular formula is C13H15FO2. The zero-order valence-corrected chi connectivity index (χ0v) is 9.67. The molecule has 0 radical (unpaired) electrons. The maximum absolute atomic E-state index is 13.7. The number of carboxylic acids is 1. The summed E-state index contributed by atoms with van der Waals surface area (Å²) < 4.78 is 13.7. The summed E-state index contributed by atoms with van der Waals surface area (Å²) in [5.74, 6) is -1.35. The minimum absolute atomic E-state index is 0.324. The van der Waals surface area contributed by atoms with Crippen LogP contribution in [0.4, 0.5) is 4.39 Å². The SMILES string of the molecule is Cc1ccc(F)c(C2(C(=O)O)CC2(C)C)c1. The predicted octanol–water partition coefficient (Wildman–Crippen LogP) is 2.89. The van der Waals surface area contributed by atoms with Gasteiger partial charge in [-0.3, -0.25) is 4.79 Å². The molecule has 1 atom stereocenters. The fourth-order valence-corrected chi connectivity index (χ4v) is 2.52. The monoisotopic (exact) mass is 222 g/mol. The Kier molecular flexibility index (Phi) is 2.13. The molecule has 1 aromatic rings. The van der Waals surface area contributed by atoms with Crippen LogP contribution in [0, 0.1) is 18.2 Å². The molecule has 2 rings (SSSR count). The highest BCUT2D eigenvalue weighted by atomic mass is 19.1. The Morgan fingerprint density at radius 3 is 2.44 bits per heavy atom. The van der Waals surface area contributed by atoms with E-state index in [2.05, 4.69) is 0 Å². The predicted molar refractivity (Wildman–Crippen MR) is 58.8 cm³/mol. The molecule has 16 heavy (non-hydrogen) atoms. The van der Waals surface area contributed by atoms with Gasteiger partial charge >= 0.3 is 5.97 Å². The van der Waals surface area contributed by atoms with Gasteiger partial charge in [0.1, 0.15) is 11.2 Å². The number of hydrogen-bond acceptors (Lipinski definition) is 1. The summed E-state index contributed by atoms with van der Waals surface area (Å²) in [5, 5.41) is 9.34. The first-order valence-electron chi connectivity index (χ1n) is 5.31. The third-order valence-corrected chi connectivity index (χ3v) is 3.68. The molecule has 0 amide bonds. The van der Waals surface area contributed by atoms with E-state index in [0.29, 0.717) is 12.0 Å². The van der Waals surface area contributed by atoms with Gasteiger partial charge in [0.05, 0.1) is 0 Å². The Morgan fingerprint density at radius 2 is 2.00 bits per heavy atom. The quantitative estimate of drug-likeness (QED) is 0.835. The van der Waals surface area contributed by atoms with Crippen molar-refractivity contribution in [2.75, 3.05) is 0 Å². The molecule has 1 unspecified atom stereocenters. The van der Waals surface area contributed by atoms with Crippen LogP contribution in [0.1, 0.15) is 31.4 Å². The number of carboxylic acid groups (broad SMARTS) is 1. The second-order valence-electron chi connectivity index (χ2n) is 5.25. The lowest BCUT2D eigenvalue weighted by atomic mass is 9.87. The lowest BCUT2D eigenvalue weighted by molar-refractivity contribution is -0.141. The summed E-state index contributed by atoms with van der Waals surface area (Å²) in [6.07, 6.45) is 0.496. The van der Waals surface area contributed by atoms with Crippen LogP contribution in [-0.4, -0.2) is 11.1 Å². The highest BCUT2D eigenvalue weighted by molar-refractivity contribution is 5.87. The molecule has 1 aromatic carbocycles. The van der Waals surface area contributed by atoms with Crippen molar-refractivity contribution in [3.63, 3.8) is 0 Å². The first kappa shape index (κ1) is 11.1. The number of carbonyl (C=O) groups is 1. The third kappa shape index (κ3) is 1.27. The average Bonchev–Trinajstić information content (AvgIpc) is 2.75.